The Bertz CT molecular complexity index is 1520. The van der Waals surface area contributed by atoms with Gasteiger partial charge in [0, 0.05) is 44.2 Å². The van der Waals surface area contributed by atoms with E-state index in [1.54, 1.807) is 6.20 Å². The first-order valence-corrected chi connectivity index (χ1v) is 17.0. The molecule has 1 aliphatic carbocycles. The number of ketones is 1. The molecule has 0 aliphatic heterocycles. The molecule has 3 aromatic rings. The summed E-state index contributed by atoms with van der Waals surface area (Å²) < 4.78 is 78.8. The SMILES string of the molecule is CCC(CC)C(=O)/C=C(\O)C(CC)CC.Cc1[c-]c(-c2nccc3cc(C)ccc23)cc(C2CCC(C(C(F)(F)F)C(F)(F)F)CC2)c1.[Ir]. The van der Waals surface area contributed by atoms with Gasteiger partial charge in [-0.3, -0.25) is 4.79 Å². The monoisotopic (exact) mass is 869 g/mol. The topological polar surface area (TPSA) is 50.2 Å². The molecule has 1 N–H and O–H groups in total. The number of hydrogen-bond acceptors (Lipinski definition) is 3. The first-order valence-electron chi connectivity index (χ1n) is 17.0. The number of allylic oxidation sites excluding steroid dienone is 2. The van der Waals surface area contributed by atoms with Crippen LogP contribution in [0.4, 0.5) is 26.3 Å². The summed E-state index contributed by atoms with van der Waals surface area (Å²) in [6, 6.07) is 15.2. The molecule has 4 rings (SSSR count). The van der Waals surface area contributed by atoms with Crippen molar-refractivity contribution in [1.29, 1.82) is 0 Å². The normalized spacial score (nSPS) is 17.2. The van der Waals surface area contributed by atoms with E-state index in [2.05, 4.69) is 17.1 Å². The standard InChI is InChI=1S/C26H24F6N.C13H24O2.Ir/c1-15-3-8-22-19(11-15)9-10-33-23(22)21-13-16(2)12-20(14-21)17-4-6-18(7-5-17)24(25(27,28)29)26(30,31)32;1-5-10(6-2)12(14)9-13(15)11(7-3)8-4;/h3,8-12,14,17-18,24H,4-7H2,1-2H3;9-11,14H,5-8H2,1-4H3;/q-1;;/b;12-9-;. The summed E-state index contributed by atoms with van der Waals surface area (Å²) in [4.78, 5) is 16.3. The Morgan fingerprint density at radius 3 is 1.98 bits per heavy atom. The minimum Gasteiger partial charge on any atom is -0.512 e. The van der Waals surface area contributed by atoms with Crippen LogP contribution in [0.3, 0.4) is 0 Å². The number of nitrogens with zero attached hydrogens (tertiary/aromatic N) is 1. The maximum atomic E-state index is 13.1. The average Bonchev–Trinajstić information content (AvgIpc) is 3.01. The molecule has 49 heavy (non-hydrogen) atoms. The number of halogens is 6. The van der Waals surface area contributed by atoms with E-state index < -0.39 is 24.2 Å². The zero-order chi connectivity index (χ0) is 35.8. The molecule has 273 valence electrons. The van der Waals surface area contributed by atoms with Crippen LogP contribution in [0.2, 0.25) is 0 Å². The van der Waals surface area contributed by atoms with E-state index in [1.165, 1.54) is 6.08 Å². The van der Waals surface area contributed by atoms with Crippen LogP contribution in [0.5, 0.6) is 0 Å². The van der Waals surface area contributed by atoms with E-state index in [0.29, 0.717) is 12.8 Å². The molecule has 1 aliphatic rings. The summed E-state index contributed by atoms with van der Waals surface area (Å²) in [6.07, 6.45) is -3.55. The molecule has 0 amide bonds. The average molecular weight is 869 g/mol. The third-order valence-corrected chi connectivity index (χ3v) is 9.70. The van der Waals surface area contributed by atoms with Crippen molar-refractivity contribution in [1.82, 2.24) is 4.98 Å². The van der Waals surface area contributed by atoms with Gasteiger partial charge in [0.05, 0.1) is 5.76 Å². The van der Waals surface area contributed by atoms with Gasteiger partial charge < -0.3 is 10.1 Å². The smallest absolute Gasteiger partial charge is 0.400 e. The van der Waals surface area contributed by atoms with Gasteiger partial charge >= 0.3 is 12.4 Å². The summed E-state index contributed by atoms with van der Waals surface area (Å²) in [5.74, 6) is -4.23. The van der Waals surface area contributed by atoms with Crippen LogP contribution in [0.15, 0.2) is 54.4 Å². The molecule has 0 saturated heterocycles. The predicted octanol–water partition coefficient (Wildman–Crippen LogP) is 12.2. The number of aliphatic hydroxyl groups is 1. The van der Waals surface area contributed by atoms with Crippen molar-refractivity contribution < 1.29 is 56.3 Å². The quantitative estimate of drug-likeness (QED) is 0.0956. The third-order valence-electron chi connectivity index (χ3n) is 9.70. The summed E-state index contributed by atoms with van der Waals surface area (Å²) in [6.45, 7) is 12.0. The van der Waals surface area contributed by atoms with Gasteiger partial charge in [0.1, 0.15) is 0 Å². The fraction of sp³-hybridized carbons (Fsp3) is 0.538. The van der Waals surface area contributed by atoms with Crippen molar-refractivity contribution >= 4 is 16.6 Å². The predicted molar refractivity (Wildman–Crippen MR) is 180 cm³/mol. The zero-order valence-corrected chi connectivity index (χ0v) is 31.5. The first kappa shape index (κ1) is 42.5. The molecule has 1 fully saturated rings. The minimum absolute atomic E-state index is 0. The van der Waals surface area contributed by atoms with E-state index in [9.17, 15) is 36.2 Å². The molecule has 1 radical (unpaired) electrons. The molecule has 1 heterocycles. The first-order chi connectivity index (χ1) is 22.5. The summed E-state index contributed by atoms with van der Waals surface area (Å²) >= 11 is 0. The molecular weight excluding hydrogens is 821 g/mol. The number of alkyl halides is 6. The number of aliphatic hydroxyl groups excluding tert-OH is 1. The summed E-state index contributed by atoms with van der Waals surface area (Å²) in [7, 11) is 0. The Hall–Kier alpha value is -2.71. The maximum absolute atomic E-state index is 13.1. The zero-order valence-electron chi connectivity index (χ0n) is 29.1. The van der Waals surface area contributed by atoms with Crippen molar-refractivity contribution in [2.75, 3.05) is 0 Å². The number of fused-ring (bicyclic) bond motifs is 1. The molecule has 0 unspecified atom stereocenters. The van der Waals surface area contributed by atoms with Crippen molar-refractivity contribution in [3.05, 3.63) is 77.2 Å². The van der Waals surface area contributed by atoms with Gasteiger partial charge in [-0.25, -0.2) is 0 Å². The Balaban J connectivity index is 0.000000444. The van der Waals surface area contributed by atoms with Gasteiger partial charge in [-0.2, -0.15) is 26.3 Å². The van der Waals surface area contributed by atoms with Gasteiger partial charge in [0.25, 0.3) is 0 Å². The second kappa shape index (κ2) is 18.5. The molecule has 0 spiro atoms. The van der Waals surface area contributed by atoms with Crippen molar-refractivity contribution in [2.45, 2.75) is 111 Å². The number of aryl methyl sites for hydroxylation is 2. The van der Waals surface area contributed by atoms with Crippen LogP contribution in [-0.2, 0) is 24.9 Å². The fourth-order valence-corrected chi connectivity index (χ4v) is 6.90. The second-order valence-corrected chi connectivity index (χ2v) is 13.1. The molecule has 3 nitrogen and oxygen atoms in total. The number of aromatic nitrogens is 1. The second-order valence-electron chi connectivity index (χ2n) is 13.1. The van der Waals surface area contributed by atoms with Crippen LogP contribution >= 0.6 is 0 Å². The maximum Gasteiger partial charge on any atom is 0.400 e. The van der Waals surface area contributed by atoms with Gasteiger partial charge in [-0.05, 0) is 92.7 Å². The van der Waals surface area contributed by atoms with E-state index in [1.807, 2.05) is 71.9 Å². The van der Waals surface area contributed by atoms with Gasteiger partial charge in [0.15, 0.2) is 11.7 Å². The minimum atomic E-state index is -5.28. The third kappa shape index (κ3) is 11.4. The Morgan fingerprint density at radius 1 is 0.878 bits per heavy atom. The Morgan fingerprint density at radius 2 is 1.45 bits per heavy atom. The van der Waals surface area contributed by atoms with E-state index >= 15 is 0 Å². The molecule has 2 aromatic carbocycles. The van der Waals surface area contributed by atoms with Crippen LogP contribution in [-0.4, -0.2) is 28.2 Å². The van der Waals surface area contributed by atoms with Crippen LogP contribution in [0, 0.1) is 43.6 Å². The summed E-state index contributed by atoms with van der Waals surface area (Å²) in [5.41, 5.74) is 4.45. The molecule has 0 atom stereocenters. The van der Waals surface area contributed by atoms with Gasteiger partial charge in [-0.1, -0.05) is 58.4 Å². The van der Waals surface area contributed by atoms with E-state index in [-0.39, 0.29) is 62.2 Å². The van der Waals surface area contributed by atoms with Gasteiger partial charge in [0.2, 0.25) is 0 Å². The Labute approximate surface area is 300 Å². The molecule has 1 saturated carbocycles. The van der Waals surface area contributed by atoms with Crippen molar-refractivity contribution in [3.8, 4) is 11.3 Å². The van der Waals surface area contributed by atoms with Crippen LogP contribution in [0.1, 0.15) is 102 Å². The Kier molecular flexibility index (Phi) is 16.0. The van der Waals surface area contributed by atoms with Crippen molar-refractivity contribution in [2.24, 2.45) is 23.7 Å². The number of rotatable bonds is 10. The molecular formula is C39H48F6IrNO2-. The number of pyridine rings is 1. The van der Waals surface area contributed by atoms with Crippen molar-refractivity contribution in [3.63, 3.8) is 0 Å². The molecule has 10 heteroatoms. The number of carbonyl (C=O) groups excluding carboxylic acids is 1. The summed E-state index contributed by atoms with van der Waals surface area (Å²) in [5, 5.41) is 11.8. The fourth-order valence-electron chi connectivity index (χ4n) is 6.90. The van der Waals surface area contributed by atoms with Crippen LogP contribution in [0.25, 0.3) is 22.0 Å². The van der Waals surface area contributed by atoms with E-state index in [0.717, 1.165) is 64.4 Å². The number of carbonyl (C=O) groups is 1. The van der Waals surface area contributed by atoms with Crippen LogP contribution < -0.4 is 0 Å². The number of benzene rings is 2. The van der Waals surface area contributed by atoms with Gasteiger partial charge in [-0.15, -0.1) is 34.9 Å². The van der Waals surface area contributed by atoms with E-state index in [4.69, 9.17) is 0 Å². The molecule has 0 bridgehead atoms. The number of hydrogen-bond donors (Lipinski definition) is 1. The molecule has 1 aromatic heterocycles. The largest absolute Gasteiger partial charge is 0.512 e.